The first-order valence-electron chi connectivity index (χ1n) is 6.65. The number of phenols is 2. The van der Waals surface area contributed by atoms with Crippen LogP contribution in [0.25, 0.3) is 22.3 Å². The molecule has 1 aromatic heterocycles. The Bertz CT molecular complexity index is 907. The van der Waals surface area contributed by atoms with Crippen LogP contribution in [-0.2, 0) is 0 Å². The molecule has 2 N–H and O–H groups in total. The van der Waals surface area contributed by atoms with Gasteiger partial charge in [-0.25, -0.2) is 0 Å². The van der Waals surface area contributed by atoms with E-state index in [4.69, 9.17) is 9.15 Å². The summed E-state index contributed by atoms with van der Waals surface area (Å²) in [6.07, 6.45) is 0. The molecule has 5 heteroatoms. The van der Waals surface area contributed by atoms with E-state index in [1.807, 2.05) is 31.2 Å². The van der Waals surface area contributed by atoms with Gasteiger partial charge in [-0.2, -0.15) is 0 Å². The summed E-state index contributed by atoms with van der Waals surface area (Å²) in [6.45, 7) is 1.96. The second-order valence-electron chi connectivity index (χ2n) is 4.99. The molecular weight excluding hydrogens is 284 g/mol. The Kier molecular flexibility index (Phi) is 3.25. The van der Waals surface area contributed by atoms with Crippen molar-refractivity contribution in [2.75, 3.05) is 7.11 Å². The fraction of sp³-hybridized carbons (Fsp3) is 0.118. The van der Waals surface area contributed by atoms with E-state index in [1.165, 1.54) is 13.2 Å². The quantitative estimate of drug-likeness (QED) is 0.759. The van der Waals surface area contributed by atoms with Gasteiger partial charge in [-0.1, -0.05) is 29.8 Å². The van der Waals surface area contributed by atoms with Crippen molar-refractivity contribution in [2.45, 2.75) is 6.92 Å². The van der Waals surface area contributed by atoms with E-state index in [-0.39, 0.29) is 28.2 Å². The highest BCUT2D eigenvalue weighted by atomic mass is 16.5. The number of aromatic hydroxyl groups is 2. The van der Waals surface area contributed by atoms with Crippen LogP contribution in [0.4, 0.5) is 0 Å². The third-order valence-corrected chi connectivity index (χ3v) is 3.46. The van der Waals surface area contributed by atoms with Crippen LogP contribution in [0.5, 0.6) is 17.2 Å². The summed E-state index contributed by atoms with van der Waals surface area (Å²) in [5.74, 6) is -0.297. The largest absolute Gasteiger partial charge is 0.507 e. The first-order chi connectivity index (χ1) is 10.5. The van der Waals surface area contributed by atoms with Gasteiger partial charge in [0.1, 0.15) is 16.9 Å². The molecule has 0 amide bonds. The lowest BCUT2D eigenvalue weighted by atomic mass is 10.1. The molecule has 0 aliphatic heterocycles. The zero-order valence-corrected chi connectivity index (χ0v) is 12.1. The topological polar surface area (TPSA) is 79.9 Å². The molecule has 0 saturated carbocycles. The van der Waals surface area contributed by atoms with Gasteiger partial charge in [-0.05, 0) is 6.92 Å². The van der Waals surface area contributed by atoms with E-state index < -0.39 is 5.43 Å². The molecule has 1 heterocycles. The number of phenolic OH excluding ortho intramolecular Hbond substituents is 2. The van der Waals surface area contributed by atoms with Gasteiger partial charge in [0, 0.05) is 17.7 Å². The van der Waals surface area contributed by atoms with Crippen LogP contribution in [0.3, 0.4) is 0 Å². The highest BCUT2D eigenvalue weighted by Gasteiger charge is 2.18. The van der Waals surface area contributed by atoms with Crippen molar-refractivity contribution < 1.29 is 19.4 Å². The molecule has 0 fully saturated rings. The highest BCUT2D eigenvalue weighted by Crippen LogP contribution is 2.40. The summed E-state index contributed by atoms with van der Waals surface area (Å²) in [5.41, 5.74) is 1.41. The van der Waals surface area contributed by atoms with Crippen LogP contribution in [0.1, 0.15) is 5.56 Å². The maximum Gasteiger partial charge on any atom is 0.204 e. The van der Waals surface area contributed by atoms with Gasteiger partial charge in [-0.15, -0.1) is 0 Å². The van der Waals surface area contributed by atoms with Crippen molar-refractivity contribution in [2.24, 2.45) is 0 Å². The number of benzene rings is 2. The average molecular weight is 298 g/mol. The lowest BCUT2D eigenvalue weighted by molar-refractivity contribution is 0.367. The van der Waals surface area contributed by atoms with Gasteiger partial charge in [0.2, 0.25) is 5.75 Å². The molecule has 0 aliphatic rings. The third-order valence-electron chi connectivity index (χ3n) is 3.46. The van der Waals surface area contributed by atoms with E-state index in [0.29, 0.717) is 5.76 Å². The molecule has 22 heavy (non-hydrogen) atoms. The minimum atomic E-state index is -0.410. The number of ether oxygens (including phenoxy) is 1. The fourth-order valence-electron chi connectivity index (χ4n) is 2.34. The summed E-state index contributed by atoms with van der Waals surface area (Å²) in [6, 6.07) is 9.82. The number of rotatable bonds is 2. The minimum Gasteiger partial charge on any atom is -0.507 e. The van der Waals surface area contributed by atoms with Gasteiger partial charge in [0.15, 0.2) is 16.8 Å². The lowest BCUT2D eigenvalue weighted by Gasteiger charge is -2.10. The van der Waals surface area contributed by atoms with Crippen LogP contribution in [0.2, 0.25) is 0 Å². The van der Waals surface area contributed by atoms with E-state index in [2.05, 4.69) is 0 Å². The number of hydrogen-bond donors (Lipinski definition) is 2. The fourth-order valence-corrected chi connectivity index (χ4v) is 2.34. The Hall–Kier alpha value is -2.95. The standard InChI is InChI=1S/C17H14O5/c1-9-3-5-10(6-4-9)14-8-12(19)15-11(18)7-13(20)16(21-2)17(15)22-14/h3-8,18,20H,1-2H3. The second-order valence-corrected chi connectivity index (χ2v) is 4.99. The Morgan fingerprint density at radius 1 is 1.05 bits per heavy atom. The van der Waals surface area contributed by atoms with Crippen LogP contribution in [0, 0.1) is 6.92 Å². The molecule has 0 unspecified atom stereocenters. The summed E-state index contributed by atoms with van der Waals surface area (Å²) in [5, 5.41) is 19.7. The Morgan fingerprint density at radius 2 is 1.73 bits per heavy atom. The van der Waals surface area contributed by atoms with Gasteiger partial charge in [-0.3, -0.25) is 4.79 Å². The zero-order chi connectivity index (χ0) is 15.9. The second kappa shape index (κ2) is 5.11. The average Bonchev–Trinajstić information content (AvgIpc) is 2.47. The summed E-state index contributed by atoms with van der Waals surface area (Å²) >= 11 is 0. The van der Waals surface area contributed by atoms with Crippen LogP contribution >= 0.6 is 0 Å². The van der Waals surface area contributed by atoms with Crippen LogP contribution in [-0.4, -0.2) is 17.3 Å². The van der Waals surface area contributed by atoms with Crippen LogP contribution < -0.4 is 10.2 Å². The van der Waals surface area contributed by atoms with Gasteiger partial charge in [0.25, 0.3) is 0 Å². The van der Waals surface area contributed by atoms with Gasteiger partial charge < -0.3 is 19.4 Å². The van der Waals surface area contributed by atoms with Crippen molar-refractivity contribution >= 4 is 11.0 Å². The smallest absolute Gasteiger partial charge is 0.204 e. The van der Waals surface area contributed by atoms with E-state index in [9.17, 15) is 15.0 Å². The third kappa shape index (κ3) is 2.16. The van der Waals surface area contributed by atoms with Crippen molar-refractivity contribution in [1.82, 2.24) is 0 Å². The molecule has 3 aromatic rings. The van der Waals surface area contributed by atoms with E-state index in [0.717, 1.165) is 17.2 Å². The van der Waals surface area contributed by atoms with Crippen molar-refractivity contribution in [1.29, 1.82) is 0 Å². The van der Waals surface area contributed by atoms with E-state index >= 15 is 0 Å². The maximum absolute atomic E-state index is 12.3. The molecule has 5 nitrogen and oxygen atoms in total. The first kappa shape index (κ1) is 14.0. The van der Waals surface area contributed by atoms with Crippen molar-refractivity contribution in [3.63, 3.8) is 0 Å². The zero-order valence-electron chi connectivity index (χ0n) is 12.1. The van der Waals surface area contributed by atoms with Crippen LogP contribution in [0.15, 0.2) is 45.6 Å². The molecule has 0 bridgehead atoms. The summed E-state index contributed by atoms with van der Waals surface area (Å²) < 4.78 is 10.8. The lowest BCUT2D eigenvalue weighted by Crippen LogP contribution is -2.02. The molecule has 0 radical (unpaired) electrons. The molecule has 0 aliphatic carbocycles. The molecule has 0 saturated heterocycles. The van der Waals surface area contributed by atoms with Gasteiger partial charge in [0.05, 0.1) is 7.11 Å². The molecule has 0 spiro atoms. The summed E-state index contributed by atoms with van der Waals surface area (Å²) in [4.78, 5) is 12.3. The van der Waals surface area contributed by atoms with Crippen molar-refractivity contribution in [3.05, 3.63) is 52.2 Å². The first-order valence-corrected chi connectivity index (χ1v) is 6.65. The predicted molar refractivity (Wildman–Crippen MR) is 82.5 cm³/mol. The van der Waals surface area contributed by atoms with Crippen molar-refractivity contribution in [3.8, 4) is 28.6 Å². The number of hydrogen-bond acceptors (Lipinski definition) is 5. The molecule has 0 atom stereocenters. The SMILES string of the molecule is COc1c(O)cc(O)c2c(=O)cc(-c3ccc(C)cc3)oc12. The Labute approximate surface area is 126 Å². The Balaban J connectivity index is 2.36. The summed E-state index contributed by atoms with van der Waals surface area (Å²) in [7, 11) is 1.35. The van der Waals surface area contributed by atoms with E-state index in [1.54, 1.807) is 0 Å². The predicted octanol–water partition coefficient (Wildman–Crippen LogP) is 3.19. The number of fused-ring (bicyclic) bond motifs is 1. The monoisotopic (exact) mass is 298 g/mol. The normalized spacial score (nSPS) is 10.8. The molecule has 3 rings (SSSR count). The Morgan fingerprint density at radius 3 is 2.36 bits per heavy atom. The maximum atomic E-state index is 12.3. The number of aryl methyl sites for hydroxylation is 1. The number of methoxy groups -OCH3 is 1. The molecule has 2 aromatic carbocycles. The molecule has 112 valence electrons. The van der Waals surface area contributed by atoms with Gasteiger partial charge >= 0.3 is 0 Å². The molecular formula is C17H14O5. The highest BCUT2D eigenvalue weighted by molar-refractivity contribution is 5.91. The minimum absolute atomic E-state index is 0.0128.